The second kappa shape index (κ2) is 9.03. The van der Waals surface area contributed by atoms with Gasteiger partial charge in [0.15, 0.2) is 0 Å². The number of hydrogen-bond acceptors (Lipinski definition) is 7. The summed E-state index contributed by atoms with van der Waals surface area (Å²) in [6, 6.07) is 10.1. The highest BCUT2D eigenvalue weighted by Crippen LogP contribution is 2.26. The maximum Gasteiger partial charge on any atom is 0.264 e. The number of sulfonamides is 1. The van der Waals surface area contributed by atoms with Crippen LogP contribution in [0, 0.1) is 0 Å². The van der Waals surface area contributed by atoms with E-state index in [-0.39, 0.29) is 17.3 Å². The third-order valence-corrected chi connectivity index (χ3v) is 8.01. The van der Waals surface area contributed by atoms with E-state index in [0.717, 1.165) is 10.4 Å². The van der Waals surface area contributed by atoms with Crippen molar-refractivity contribution in [2.45, 2.75) is 24.0 Å². The lowest BCUT2D eigenvalue weighted by molar-refractivity contribution is -0.131. The molecule has 4 rings (SSSR count). The van der Waals surface area contributed by atoms with Gasteiger partial charge in [0.2, 0.25) is 16.1 Å². The minimum absolute atomic E-state index is 0.228. The molecule has 11 heteroatoms. The summed E-state index contributed by atoms with van der Waals surface area (Å²) in [5.41, 5.74) is 1.48. The second-order valence-corrected chi connectivity index (χ2v) is 10.5. The molecule has 8 nitrogen and oxygen atoms in total. The predicted octanol–water partition coefficient (Wildman–Crippen LogP) is 2.23. The predicted molar refractivity (Wildman–Crippen MR) is 113 cm³/mol. The lowest BCUT2D eigenvalue weighted by Gasteiger charge is -2.26. The third-order valence-electron chi connectivity index (χ3n) is 4.82. The minimum atomic E-state index is -3.53. The zero-order valence-corrected chi connectivity index (χ0v) is 18.3. The summed E-state index contributed by atoms with van der Waals surface area (Å²) in [5, 5.41) is 6.79. The average Bonchev–Trinajstić information content (AvgIpc) is 3.42. The SMILES string of the molecule is O=C(NCc1ccc(S(=O)(=O)N2CCOCC2)cc1)C1CC(c2ccc(Cl)s2)=NO1. The fourth-order valence-corrected chi connectivity index (χ4v) is 5.59. The standard InChI is InChI=1S/C19H20ClN3O5S2/c20-18-6-5-17(29-18)15-11-16(28-22-15)19(24)21-12-13-1-3-14(4-2-13)30(25,26)23-7-9-27-10-8-23/h1-6,16H,7-12H2,(H,21,24). The Kier molecular flexibility index (Phi) is 6.40. The minimum Gasteiger partial charge on any atom is -0.382 e. The van der Waals surface area contributed by atoms with Gasteiger partial charge < -0.3 is 14.9 Å². The number of carbonyl (C=O) groups is 1. The van der Waals surface area contributed by atoms with Crippen LogP contribution in [-0.2, 0) is 30.9 Å². The van der Waals surface area contributed by atoms with E-state index in [2.05, 4.69) is 10.5 Å². The van der Waals surface area contributed by atoms with Crippen LogP contribution in [0.4, 0.5) is 0 Å². The molecule has 1 aromatic heterocycles. The molecular weight excluding hydrogens is 450 g/mol. The monoisotopic (exact) mass is 469 g/mol. The number of amides is 1. The first-order valence-corrected chi connectivity index (χ1v) is 12.0. The van der Waals surface area contributed by atoms with Crippen molar-refractivity contribution < 1.29 is 22.8 Å². The van der Waals surface area contributed by atoms with Crippen molar-refractivity contribution in [2.24, 2.45) is 5.16 Å². The highest BCUT2D eigenvalue weighted by molar-refractivity contribution is 7.89. The highest BCUT2D eigenvalue weighted by atomic mass is 35.5. The summed E-state index contributed by atoms with van der Waals surface area (Å²) in [6.45, 7) is 1.76. The lowest BCUT2D eigenvalue weighted by atomic mass is 10.1. The number of benzene rings is 1. The van der Waals surface area contributed by atoms with Gasteiger partial charge in [-0.05, 0) is 29.8 Å². The number of halogens is 1. The number of nitrogens with zero attached hydrogens (tertiary/aromatic N) is 2. The summed E-state index contributed by atoms with van der Waals surface area (Å²) in [4.78, 5) is 18.8. The first kappa shape index (κ1) is 21.3. The van der Waals surface area contributed by atoms with Crippen LogP contribution in [0.2, 0.25) is 4.34 Å². The number of rotatable bonds is 6. The Morgan fingerprint density at radius 2 is 1.93 bits per heavy atom. The van der Waals surface area contributed by atoms with Gasteiger partial charge in [-0.25, -0.2) is 8.42 Å². The van der Waals surface area contributed by atoms with Crippen molar-refractivity contribution in [3.05, 3.63) is 51.2 Å². The van der Waals surface area contributed by atoms with Crippen LogP contribution in [0.3, 0.4) is 0 Å². The Morgan fingerprint density at radius 3 is 2.60 bits per heavy atom. The molecule has 1 N–H and O–H groups in total. The Labute approximate surface area is 183 Å². The topological polar surface area (TPSA) is 97.3 Å². The Bertz CT molecular complexity index is 1050. The number of carbonyl (C=O) groups excluding carboxylic acids is 1. The molecule has 1 saturated heterocycles. The van der Waals surface area contributed by atoms with E-state index in [1.807, 2.05) is 6.07 Å². The summed E-state index contributed by atoms with van der Waals surface area (Å²) in [5.74, 6) is -0.276. The van der Waals surface area contributed by atoms with E-state index in [9.17, 15) is 13.2 Å². The van der Waals surface area contributed by atoms with Gasteiger partial charge in [-0.2, -0.15) is 4.31 Å². The van der Waals surface area contributed by atoms with Crippen LogP contribution in [0.15, 0.2) is 46.4 Å². The molecule has 0 aliphatic carbocycles. The molecule has 1 atom stereocenters. The van der Waals surface area contributed by atoms with Crippen molar-refractivity contribution in [1.29, 1.82) is 0 Å². The number of thiophene rings is 1. The quantitative estimate of drug-likeness (QED) is 0.699. The van der Waals surface area contributed by atoms with Gasteiger partial charge in [-0.3, -0.25) is 4.79 Å². The van der Waals surface area contributed by atoms with Gasteiger partial charge in [-0.15, -0.1) is 11.3 Å². The van der Waals surface area contributed by atoms with Gasteiger partial charge in [0, 0.05) is 26.1 Å². The van der Waals surface area contributed by atoms with Crippen molar-refractivity contribution in [3.8, 4) is 0 Å². The Balaban J connectivity index is 1.30. The van der Waals surface area contributed by atoms with Gasteiger partial charge >= 0.3 is 0 Å². The van der Waals surface area contributed by atoms with Crippen molar-refractivity contribution in [2.75, 3.05) is 26.3 Å². The van der Waals surface area contributed by atoms with Gasteiger partial charge in [-0.1, -0.05) is 28.9 Å². The van der Waals surface area contributed by atoms with E-state index in [4.69, 9.17) is 21.2 Å². The van der Waals surface area contributed by atoms with Crippen LogP contribution in [0.1, 0.15) is 16.9 Å². The zero-order chi connectivity index (χ0) is 21.1. The number of oxime groups is 1. The van der Waals surface area contributed by atoms with E-state index in [1.54, 1.807) is 30.3 Å². The van der Waals surface area contributed by atoms with Crippen LogP contribution in [0.5, 0.6) is 0 Å². The molecule has 2 aromatic rings. The summed E-state index contributed by atoms with van der Waals surface area (Å²) < 4.78 is 32.6. The van der Waals surface area contributed by atoms with Crippen LogP contribution in [0.25, 0.3) is 0 Å². The molecule has 1 amide bonds. The zero-order valence-electron chi connectivity index (χ0n) is 15.9. The fraction of sp³-hybridized carbons (Fsp3) is 0.368. The molecule has 0 bridgehead atoms. The molecule has 1 aromatic carbocycles. The molecule has 2 aliphatic heterocycles. The van der Waals surface area contributed by atoms with E-state index >= 15 is 0 Å². The Hall–Kier alpha value is -1.98. The van der Waals surface area contributed by atoms with Gasteiger partial charge in [0.05, 0.1) is 27.3 Å². The molecule has 2 aliphatic rings. The molecule has 0 saturated carbocycles. The fourth-order valence-electron chi connectivity index (χ4n) is 3.15. The highest BCUT2D eigenvalue weighted by Gasteiger charge is 2.29. The largest absolute Gasteiger partial charge is 0.382 e. The lowest BCUT2D eigenvalue weighted by Crippen LogP contribution is -2.40. The summed E-state index contributed by atoms with van der Waals surface area (Å²) in [7, 11) is -3.53. The van der Waals surface area contributed by atoms with Crippen molar-refractivity contribution in [1.82, 2.24) is 9.62 Å². The normalized spacial score (nSPS) is 19.9. The number of morpholine rings is 1. The van der Waals surface area contributed by atoms with Gasteiger partial charge in [0.1, 0.15) is 5.71 Å². The van der Waals surface area contributed by atoms with Crippen LogP contribution < -0.4 is 5.32 Å². The average molecular weight is 470 g/mol. The maximum atomic E-state index is 12.7. The smallest absolute Gasteiger partial charge is 0.264 e. The summed E-state index contributed by atoms with van der Waals surface area (Å²) in [6.07, 6.45) is -0.318. The Morgan fingerprint density at radius 1 is 1.20 bits per heavy atom. The second-order valence-electron chi connectivity index (χ2n) is 6.82. The van der Waals surface area contributed by atoms with Gasteiger partial charge in [0.25, 0.3) is 5.91 Å². The van der Waals surface area contributed by atoms with E-state index in [0.29, 0.717) is 42.8 Å². The molecular formula is C19H20ClN3O5S2. The van der Waals surface area contributed by atoms with E-state index < -0.39 is 16.1 Å². The first-order chi connectivity index (χ1) is 14.4. The third kappa shape index (κ3) is 4.68. The van der Waals surface area contributed by atoms with Crippen LogP contribution in [-0.4, -0.2) is 56.7 Å². The van der Waals surface area contributed by atoms with Crippen molar-refractivity contribution >= 4 is 44.6 Å². The molecule has 30 heavy (non-hydrogen) atoms. The number of nitrogens with one attached hydrogen (secondary N) is 1. The molecule has 1 unspecified atom stereocenters. The number of ether oxygens (including phenoxy) is 1. The number of hydrogen-bond donors (Lipinski definition) is 1. The molecule has 160 valence electrons. The maximum absolute atomic E-state index is 12.7. The molecule has 1 fully saturated rings. The van der Waals surface area contributed by atoms with Crippen molar-refractivity contribution in [3.63, 3.8) is 0 Å². The van der Waals surface area contributed by atoms with E-state index in [1.165, 1.54) is 15.6 Å². The first-order valence-electron chi connectivity index (χ1n) is 9.36. The summed E-state index contributed by atoms with van der Waals surface area (Å²) >= 11 is 7.32. The molecule has 3 heterocycles. The van der Waals surface area contributed by atoms with Crippen LogP contribution >= 0.6 is 22.9 Å². The molecule has 0 spiro atoms. The molecule has 0 radical (unpaired) electrons.